The topological polar surface area (TPSA) is 66.5 Å². The zero-order valence-electron chi connectivity index (χ0n) is 15.7. The van der Waals surface area contributed by atoms with Gasteiger partial charge in [-0.15, -0.1) is 11.8 Å². The number of thioether (sulfide) groups is 1. The van der Waals surface area contributed by atoms with Crippen LogP contribution in [-0.2, 0) is 14.8 Å². The monoisotopic (exact) mass is 426 g/mol. The number of halogens is 1. The number of carbonyl (C=O) groups excluding carboxylic acids is 1. The summed E-state index contributed by atoms with van der Waals surface area (Å²) >= 11 is 7.66. The van der Waals surface area contributed by atoms with Gasteiger partial charge in [-0.3, -0.25) is 9.10 Å². The summed E-state index contributed by atoms with van der Waals surface area (Å²) in [5.74, 6) is 0.448. The number of sulfonamides is 1. The molecule has 146 valence electrons. The zero-order valence-corrected chi connectivity index (χ0v) is 18.1. The summed E-state index contributed by atoms with van der Waals surface area (Å²) in [5, 5.41) is 3.26. The highest BCUT2D eigenvalue weighted by atomic mass is 35.5. The first-order valence-electron chi connectivity index (χ1n) is 8.43. The van der Waals surface area contributed by atoms with Crippen LogP contribution in [-0.4, -0.2) is 32.4 Å². The van der Waals surface area contributed by atoms with Gasteiger partial charge in [0.2, 0.25) is 15.9 Å². The lowest BCUT2D eigenvalue weighted by atomic mass is 10.1. The highest BCUT2D eigenvalue weighted by Crippen LogP contribution is 2.30. The second-order valence-corrected chi connectivity index (χ2v) is 9.69. The van der Waals surface area contributed by atoms with Crippen LogP contribution in [0.3, 0.4) is 0 Å². The molecule has 0 radical (unpaired) electrons. The molecule has 0 saturated heterocycles. The van der Waals surface area contributed by atoms with Crippen LogP contribution in [0.4, 0.5) is 11.4 Å². The Morgan fingerprint density at radius 1 is 1.26 bits per heavy atom. The smallest absolute Gasteiger partial charge is 0.248 e. The molecule has 1 atom stereocenters. The standard InChI is InChI=1S/C19H23ClN2O3S2/c1-5-26-18-9-7-6-8-16(18)21-19(23)14(3)22(27(4,24)25)17-12-15(20)11-10-13(17)2/h6-12,14H,5H2,1-4H3,(H,21,23)/t14-/m1/s1. The van der Waals surface area contributed by atoms with Crippen molar-refractivity contribution in [3.8, 4) is 0 Å². The summed E-state index contributed by atoms with van der Waals surface area (Å²) in [4.78, 5) is 13.8. The first kappa shape index (κ1) is 21.6. The normalized spacial score (nSPS) is 12.5. The van der Waals surface area contributed by atoms with Crippen molar-refractivity contribution in [3.05, 3.63) is 53.1 Å². The van der Waals surface area contributed by atoms with E-state index in [1.165, 1.54) is 0 Å². The van der Waals surface area contributed by atoms with Crippen molar-refractivity contribution < 1.29 is 13.2 Å². The van der Waals surface area contributed by atoms with Gasteiger partial charge in [0, 0.05) is 9.92 Å². The minimum Gasteiger partial charge on any atom is -0.323 e. The van der Waals surface area contributed by atoms with Crippen LogP contribution < -0.4 is 9.62 Å². The lowest BCUT2D eigenvalue weighted by molar-refractivity contribution is -0.116. The number of anilines is 2. The van der Waals surface area contributed by atoms with E-state index in [-0.39, 0.29) is 0 Å². The molecule has 2 rings (SSSR count). The minimum atomic E-state index is -3.71. The molecule has 1 N–H and O–H groups in total. The van der Waals surface area contributed by atoms with Crippen LogP contribution in [0, 0.1) is 6.92 Å². The molecule has 0 unspecified atom stereocenters. The lowest BCUT2D eigenvalue weighted by Crippen LogP contribution is -2.45. The number of hydrogen-bond donors (Lipinski definition) is 1. The Morgan fingerprint density at radius 3 is 2.56 bits per heavy atom. The van der Waals surface area contributed by atoms with Gasteiger partial charge in [-0.1, -0.05) is 36.7 Å². The maximum absolute atomic E-state index is 12.9. The fraction of sp³-hybridized carbons (Fsp3) is 0.316. The molecule has 0 aliphatic heterocycles. The molecule has 8 heteroatoms. The maximum Gasteiger partial charge on any atom is 0.248 e. The van der Waals surface area contributed by atoms with Gasteiger partial charge in [-0.25, -0.2) is 8.42 Å². The van der Waals surface area contributed by atoms with Gasteiger partial charge in [0.15, 0.2) is 0 Å². The first-order chi connectivity index (χ1) is 12.6. The SMILES string of the molecule is CCSc1ccccc1NC(=O)[C@@H](C)N(c1cc(Cl)ccc1C)S(C)(=O)=O. The van der Waals surface area contributed by atoms with E-state index in [9.17, 15) is 13.2 Å². The van der Waals surface area contributed by atoms with Gasteiger partial charge in [0.05, 0.1) is 17.6 Å². The summed E-state index contributed by atoms with van der Waals surface area (Å²) in [5.41, 5.74) is 1.77. The summed E-state index contributed by atoms with van der Waals surface area (Å²) < 4.78 is 26.0. The number of amides is 1. The molecule has 0 aliphatic carbocycles. The van der Waals surface area contributed by atoms with Crippen molar-refractivity contribution in [3.63, 3.8) is 0 Å². The second kappa shape index (κ2) is 8.99. The fourth-order valence-corrected chi connectivity index (χ4v) is 4.84. The van der Waals surface area contributed by atoms with Crippen molar-refractivity contribution in [2.24, 2.45) is 0 Å². The summed E-state index contributed by atoms with van der Waals surface area (Å²) in [6.45, 7) is 5.37. The molecule has 2 aromatic rings. The summed E-state index contributed by atoms with van der Waals surface area (Å²) in [7, 11) is -3.71. The Hall–Kier alpha value is -1.70. The van der Waals surface area contributed by atoms with Crippen LogP contribution in [0.15, 0.2) is 47.4 Å². The molecule has 1 amide bonds. The van der Waals surface area contributed by atoms with Crippen molar-refractivity contribution in [1.82, 2.24) is 0 Å². The molecule has 0 aliphatic rings. The third-order valence-corrected chi connectivity index (χ3v) is 6.36. The van der Waals surface area contributed by atoms with Gasteiger partial charge in [0.1, 0.15) is 6.04 Å². The Balaban J connectivity index is 2.38. The van der Waals surface area contributed by atoms with Gasteiger partial charge in [0.25, 0.3) is 0 Å². The minimum absolute atomic E-state index is 0.392. The van der Waals surface area contributed by atoms with Crippen molar-refractivity contribution in [1.29, 1.82) is 0 Å². The number of carbonyl (C=O) groups is 1. The van der Waals surface area contributed by atoms with Crippen LogP contribution in [0.2, 0.25) is 5.02 Å². The Labute approximate surface area is 170 Å². The molecule has 0 fully saturated rings. The Bertz CT molecular complexity index is 932. The number of para-hydroxylation sites is 1. The Kier molecular flexibility index (Phi) is 7.19. The average molecular weight is 427 g/mol. The van der Waals surface area contributed by atoms with E-state index in [0.29, 0.717) is 22.0 Å². The lowest BCUT2D eigenvalue weighted by Gasteiger charge is -2.29. The number of rotatable bonds is 7. The third-order valence-electron chi connectivity index (χ3n) is 3.94. The quantitative estimate of drug-likeness (QED) is 0.659. The summed E-state index contributed by atoms with van der Waals surface area (Å²) in [6, 6.07) is 11.5. The molecule has 0 bridgehead atoms. The van der Waals surface area contributed by atoms with Crippen LogP contribution in [0.5, 0.6) is 0 Å². The number of hydrogen-bond acceptors (Lipinski definition) is 4. The van der Waals surface area contributed by atoms with E-state index < -0.39 is 22.0 Å². The number of aryl methyl sites for hydroxylation is 1. The van der Waals surface area contributed by atoms with Crippen LogP contribution in [0.25, 0.3) is 0 Å². The van der Waals surface area contributed by atoms with Gasteiger partial charge >= 0.3 is 0 Å². The molecule has 0 saturated carbocycles. The highest BCUT2D eigenvalue weighted by molar-refractivity contribution is 7.99. The molecule has 5 nitrogen and oxygen atoms in total. The zero-order chi connectivity index (χ0) is 20.2. The van der Waals surface area contributed by atoms with Crippen LogP contribution >= 0.6 is 23.4 Å². The molecular formula is C19H23ClN2O3S2. The molecule has 2 aromatic carbocycles. The summed E-state index contributed by atoms with van der Waals surface area (Å²) in [6.07, 6.45) is 1.08. The van der Waals surface area contributed by atoms with E-state index in [4.69, 9.17) is 11.6 Å². The van der Waals surface area contributed by atoms with E-state index in [0.717, 1.165) is 21.2 Å². The van der Waals surface area contributed by atoms with Gasteiger partial charge in [-0.05, 0) is 49.4 Å². The van der Waals surface area contributed by atoms with Crippen molar-refractivity contribution >= 4 is 50.7 Å². The van der Waals surface area contributed by atoms with Crippen LogP contribution in [0.1, 0.15) is 19.4 Å². The Morgan fingerprint density at radius 2 is 1.93 bits per heavy atom. The number of benzene rings is 2. The predicted molar refractivity (Wildman–Crippen MR) is 114 cm³/mol. The molecule has 0 aromatic heterocycles. The number of nitrogens with zero attached hydrogens (tertiary/aromatic N) is 1. The van der Waals surface area contributed by atoms with Crippen molar-refractivity contribution in [2.75, 3.05) is 21.6 Å². The molecule has 0 heterocycles. The first-order valence-corrected chi connectivity index (χ1v) is 11.6. The number of nitrogens with one attached hydrogen (secondary N) is 1. The van der Waals surface area contributed by atoms with Gasteiger partial charge < -0.3 is 5.32 Å². The third kappa shape index (κ3) is 5.40. The molecule has 27 heavy (non-hydrogen) atoms. The molecule has 0 spiro atoms. The largest absolute Gasteiger partial charge is 0.323 e. The van der Waals surface area contributed by atoms with Crippen molar-refractivity contribution in [2.45, 2.75) is 31.7 Å². The maximum atomic E-state index is 12.9. The second-order valence-electron chi connectivity index (χ2n) is 6.08. The van der Waals surface area contributed by atoms with E-state index in [1.54, 1.807) is 49.9 Å². The average Bonchev–Trinajstić information content (AvgIpc) is 2.58. The van der Waals surface area contributed by atoms with Gasteiger partial charge in [-0.2, -0.15) is 0 Å². The van der Waals surface area contributed by atoms with E-state index in [2.05, 4.69) is 5.32 Å². The van der Waals surface area contributed by atoms with E-state index >= 15 is 0 Å². The van der Waals surface area contributed by atoms with E-state index in [1.807, 2.05) is 25.1 Å². The predicted octanol–water partition coefficient (Wildman–Crippen LogP) is 4.55. The molecular weight excluding hydrogens is 404 g/mol. The highest BCUT2D eigenvalue weighted by Gasteiger charge is 2.30. The fourth-order valence-electron chi connectivity index (χ4n) is 2.69.